The molecule has 2 unspecified atom stereocenters. The number of rotatable bonds is 10. The molecule has 3 rings (SSSR count). The Morgan fingerprint density at radius 1 is 1.11 bits per heavy atom. The second-order valence-electron chi connectivity index (χ2n) is 9.08. The molecule has 1 aliphatic heterocycles. The number of sulfone groups is 1. The Hall–Kier alpha value is -2.24. The van der Waals surface area contributed by atoms with E-state index in [1.54, 1.807) is 4.90 Å². The lowest BCUT2D eigenvalue weighted by molar-refractivity contribution is -0.131. The number of likely N-dealkylation sites (tertiary alicyclic amines) is 1. The molecule has 9 nitrogen and oxygen atoms in total. The third kappa shape index (κ3) is 7.62. The van der Waals surface area contributed by atoms with Crippen LogP contribution in [0.15, 0.2) is 23.2 Å². The second kappa shape index (κ2) is 12.1. The molecular formula is C24H35N3O6S2. The van der Waals surface area contributed by atoms with Crippen molar-refractivity contribution in [3.63, 3.8) is 0 Å². The average molecular weight is 526 g/mol. The molecule has 0 radical (unpaired) electrons. The number of benzene rings is 1. The lowest BCUT2D eigenvalue weighted by Gasteiger charge is -2.34. The van der Waals surface area contributed by atoms with E-state index in [9.17, 15) is 18.0 Å². The quantitative estimate of drug-likeness (QED) is 0.441. The maximum Gasteiger partial charge on any atom is 0.263 e. The minimum Gasteiger partial charge on any atom is -0.494 e. The molecular weight excluding hydrogens is 490 g/mol. The minimum absolute atomic E-state index is 0.324. The summed E-state index contributed by atoms with van der Waals surface area (Å²) in [7, 11) is -3.95. The van der Waals surface area contributed by atoms with E-state index in [-0.39, 0.29) is 0 Å². The molecule has 1 aliphatic rings. The Kier molecular flexibility index (Phi) is 9.48. The fourth-order valence-electron chi connectivity index (χ4n) is 4.44. The van der Waals surface area contributed by atoms with Gasteiger partial charge in [-0.2, -0.15) is 4.99 Å². The van der Waals surface area contributed by atoms with Crippen LogP contribution in [0, 0.1) is 11.8 Å². The van der Waals surface area contributed by atoms with Gasteiger partial charge < -0.3 is 18.9 Å². The van der Waals surface area contributed by atoms with Crippen molar-refractivity contribution in [1.29, 1.82) is 0 Å². The number of ether oxygens (including phenoxy) is 2. The Bertz CT molecular complexity index is 1210. The molecule has 1 aromatic carbocycles. The zero-order valence-corrected chi connectivity index (χ0v) is 22.5. The topological polar surface area (TPSA) is 107 Å². The predicted molar refractivity (Wildman–Crippen MR) is 136 cm³/mol. The summed E-state index contributed by atoms with van der Waals surface area (Å²) < 4.78 is 39.1. The Labute approximate surface area is 210 Å². The van der Waals surface area contributed by atoms with Crippen LogP contribution in [0.3, 0.4) is 0 Å². The summed E-state index contributed by atoms with van der Waals surface area (Å²) in [5, 5.41) is 0. The van der Waals surface area contributed by atoms with Crippen LogP contribution in [0.25, 0.3) is 10.2 Å². The zero-order valence-electron chi connectivity index (χ0n) is 20.9. The van der Waals surface area contributed by atoms with Gasteiger partial charge in [-0.3, -0.25) is 9.59 Å². The monoisotopic (exact) mass is 525 g/mol. The third-order valence-electron chi connectivity index (χ3n) is 5.76. The summed E-state index contributed by atoms with van der Waals surface area (Å²) in [5.41, 5.74) is 0.857. The maximum absolute atomic E-state index is 12.7. The number of aromatic nitrogens is 1. The van der Waals surface area contributed by atoms with Crippen molar-refractivity contribution >= 4 is 43.2 Å². The number of amides is 2. The number of piperidine rings is 1. The Morgan fingerprint density at radius 2 is 1.83 bits per heavy atom. The fourth-order valence-corrected chi connectivity index (χ4v) is 6.64. The number of fused-ring (bicyclic) bond motifs is 1. The lowest BCUT2D eigenvalue weighted by atomic mass is 9.92. The summed E-state index contributed by atoms with van der Waals surface area (Å²) in [6, 6.07) is 5.61. The van der Waals surface area contributed by atoms with Gasteiger partial charge in [0.15, 0.2) is 14.6 Å². The molecule has 1 saturated heterocycles. The van der Waals surface area contributed by atoms with Gasteiger partial charge in [-0.15, -0.1) is 0 Å². The molecule has 0 saturated carbocycles. The predicted octanol–water partition coefficient (Wildman–Crippen LogP) is 2.48. The van der Waals surface area contributed by atoms with Crippen LogP contribution in [-0.4, -0.2) is 74.1 Å². The van der Waals surface area contributed by atoms with Crippen molar-refractivity contribution in [2.45, 2.75) is 40.7 Å². The van der Waals surface area contributed by atoms with Crippen molar-refractivity contribution in [2.24, 2.45) is 16.8 Å². The molecule has 0 bridgehead atoms. The van der Waals surface area contributed by atoms with Crippen molar-refractivity contribution in [3.05, 3.63) is 23.0 Å². The first-order chi connectivity index (χ1) is 16.6. The number of hydrogen-bond acceptors (Lipinski definition) is 7. The SMILES string of the molecule is CCOCCn1c(=NC(=O)CS(=O)(=O)CC(=O)N2CC(C)CC(C)C2)sc2cc(OCC)ccc21. The van der Waals surface area contributed by atoms with Gasteiger partial charge in [0.05, 0.1) is 23.4 Å². The lowest BCUT2D eigenvalue weighted by Crippen LogP contribution is -2.45. The molecule has 2 atom stereocenters. The molecule has 2 amide bonds. The van der Waals surface area contributed by atoms with E-state index in [1.165, 1.54) is 11.3 Å². The maximum atomic E-state index is 12.7. The number of thiazole rings is 1. The van der Waals surface area contributed by atoms with Crippen LogP contribution < -0.4 is 9.54 Å². The van der Waals surface area contributed by atoms with E-state index >= 15 is 0 Å². The molecule has 0 N–H and O–H groups in total. The molecule has 0 spiro atoms. The highest BCUT2D eigenvalue weighted by Gasteiger charge is 2.29. The van der Waals surface area contributed by atoms with Gasteiger partial charge in [0.2, 0.25) is 5.91 Å². The Balaban J connectivity index is 1.79. The standard InChI is InChI=1S/C24H35N3O6S2/c1-5-32-10-9-27-20-8-7-19(33-6-2)12-21(20)34-24(27)25-22(28)15-35(30,31)16-23(29)26-13-17(3)11-18(4)14-26/h7-8,12,17-18H,5-6,9-11,13-16H2,1-4H3. The molecule has 2 aromatic rings. The molecule has 11 heteroatoms. The summed E-state index contributed by atoms with van der Waals surface area (Å²) >= 11 is 1.28. The van der Waals surface area contributed by atoms with Gasteiger partial charge in [-0.25, -0.2) is 8.42 Å². The van der Waals surface area contributed by atoms with Crippen molar-refractivity contribution in [2.75, 3.05) is 44.4 Å². The van der Waals surface area contributed by atoms with E-state index < -0.39 is 33.2 Å². The number of hydrogen-bond donors (Lipinski definition) is 0. The summed E-state index contributed by atoms with van der Waals surface area (Å²) in [5.74, 6) is -1.37. The van der Waals surface area contributed by atoms with Crippen LogP contribution in [-0.2, 0) is 30.7 Å². The minimum atomic E-state index is -3.95. The van der Waals surface area contributed by atoms with Crippen LogP contribution in [0.4, 0.5) is 0 Å². The van der Waals surface area contributed by atoms with Crippen LogP contribution in [0.2, 0.25) is 0 Å². The van der Waals surface area contributed by atoms with E-state index in [0.29, 0.717) is 61.8 Å². The number of carbonyl (C=O) groups is 2. The van der Waals surface area contributed by atoms with Gasteiger partial charge in [-0.1, -0.05) is 25.2 Å². The summed E-state index contributed by atoms with van der Waals surface area (Å²) in [6.45, 7) is 11.0. The van der Waals surface area contributed by atoms with Gasteiger partial charge >= 0.3 is 0 Å². The molecule has 194 valence electrons. The fraction of sp³-hybridized carbons (Fsp3) is 0.625. The first-order valence-electron chi connectivity index (χ1n) is 12.0. The normalized spacial score (nSPS) is 19.3. The number of nitrogens with zero attached hydrogens (tertiary/aromatic N) is 3. The first kappa shape index (κ1) is 27.3. The molecule has 1 fully saturated rings. The second-order valence-corrected chi connectivity index (χ2v) is 12.2. The first-order valence-corrected chi connectivity index (χ1v) is 14.6. The molecule has 35 heavy (non-hydrogen) atoms. The number of carbonyl (C=O) groups excluding carboxylic acids is 2. The summed E-state index contributed by atoms with van der Waals surface area (Å²) in [4.78, 5) is 31.4. The Morgan fingerprint density at radius 3 is 2.49 bits per heavy atom. The van der Waals surface area contributed by atoms with Gasteiger partial charge in [0.1, 0.15) is 17.3 Å². The van der Waals surface area contributed by atoms with E-state index in [1.807, 2.05) is 36.6 Å². The van der Waals surface area contributed by atoms with Crippen molar-refractivity contribution < 1.29 is 27.5 Å². The smallest absolute Gasteiger partial charge is 0.263 e. The van der Waals surface area contributed by atoms with E-state index in [2.05, 4.69) is 18.8 Å². The highest BCUT2D eigenvalue weighted by Crippen LogP contribution is 2.24. The van der Waals surface area contributed by atoms with E-state index in [0.717, 1.165) is 16.6 Å². The van der Waals surface area contributed by atoms with Crippen LogP contribution in [0.1, 0.15) is 34.1 Å². The van der Waals surface area contributed by atoms with Gasteiger partial charge in [-0.05, 0) is 50.3 Å². The molecule has 2 heterocycles. The zero-order chi connectivity index (χ0) is 25.6. The largest absolute Gasteiger partial charge is 0.494 e. The molecule has 0 aliphatic carbocycles. The van der Waals surface area contributed by atoms with Crippen LogP contribution >= 0.6 is 11.3 Å². The highest BCUT2D eigenvalue weighted by molar-refractivity contribution is 7.92. The highest BCUT2D eigenvalue weighted by atomic mass is 32.2. The summed E-state index contributed by atoms with van der Waals surface area (Å²) in [6.07, 6.45) is 1.01. The van der Waals surface area contributed by atoms with E-state index in [4.69, 9.17) is 9.47 Å². The van der Waals surface area contributed by atoms with Crippen molar-refractivity contribution in [3.8, 4) is 5.75 Å². The third-order valence-corrected chi connectivity index (χ3v) is 8.17. The average Bonchev–Trinajstić information content (AvgIpc) is 3.08. The molecule has 1 aromatic heterocycles. The van der Waals surface area contributed by atoms with Gasteiger partial charge in [0, 0.05) is 26.2 Å². The van der Waals surface area contributed by atoms with Gasteiger partial charge in [0.25, 0.3) is 5.91 Å². The van der Waals surface area contributed by atoms with Crippen molar-refractivity contribution in [1.82, 2.24) is 9.47 Å². The van der Waals surface area contributed by atoms with Crippen LogP contribution in [0.5, 0.6) is 5.75 Å².